The van der Waals surface area contributed by atoms with Crippen LogP contribution in [0, 0.1) is 6.92 Å². The van der Waals surface area contributed by atoms with Gasteiger partial charge in [0.25, 0.3) is 5.91 Å². The van der Waals surface area contributed by atoms with Gasteiger partial charge < -0.3 is 4.74 Å². The van der Waals surface area contributed by atoms with Gasteiger partial charge in [-0.15, -0.1) is 0 Å². The van der Waals surface area contributed by atoms with Crippen LogP contribution in [0.1, 0.15) is 28.7 Å². The molecule has 0 unspecified atom stereocenters. The van der Waals surface area contributed by atoms with Crippen molar-refractivity contribution < 1.29 is 9.53 Å². The zero-order valence-corrected chi connectivity index (χ0v) is 18.4. The largest absolute Gasteiger partial charge is 0.494 e. The van der Waals surface area contributed by atoms with Crippen molar-refractivity contribution in [2.45, 2.75) is 26.9 Å². The van der Waals surface area contributed by atoms with E-state index in [-0.39, 0.29) is 5.91 Å². The second-order valence-corrected chi connectivity index (χ2v) is 8.05. The molecule has 0 aliphatic heterocycles. The lowest BCUT2D eigenvalue weighted by molar-refractivity contribution is 0.0975. The maximum atomic E-state index is 13.6. The molecule has 4 rings (SSSR count). The van der Waals surface area contributed by atoms with Crippen molar-refractivity contribution in [2.24, 2.45) is 0 Å². The minimum absolute atomic E-state index is 0.185. The van der Waals surface area contributed by atoms with E-state index in [1.807, 2.05) is 26.0 Å². The van der Waals surface area contributed by atoms with Gasteiger partial charge in [0.15, 0.2) is 5.13 Å². The fourth-order valence-electron chi connectivity index (χ4n) is 3.22. The van der Waals surface area contributed by atoms with Crippen LogP contribution in [0.25, 0.3) is 10.2 Å². The minimum atomic E-state index is -0.185. The highest BCUT2D eigenvalue weighted by Gasteiger charge is 2.26. The summed E-state index contributed by atoms with van der Waals surface area (Å²) >= 11 is 7.76. The summed E-state index contributed by atoms with van der Waals surface area (Å²) in [5.74, 6) is 0.426. The van der Waals surface area contributed by atoms with Gasteiger partial charge >= 0.3 is 0 Å². The molecule has 0 N–H and O–H groups in total. The Balaban J connectivity index is 1.84. The highest BCUT2D eigenvalue weighted by atomic mass is 35.5. The molecule has 3 heterocycles. The molecule has 0 spiro atoms. The third kappa shape index (κ3) is 3.76. The van der Waals surface area contributed by atoms with E-state index in [2.05, 4.69) is 10.1 Å². The number of carbonyl (C=O) groups excluding carboxylic acids is 1. The molecule has 0 fully saturated rings. The van der Waals surface area contributed by atoms with Crippen LogP contribution < -0.4 is 9.64 Å². The predicted molar refractivity (Wildman–Crippen MR) is 119 cm³/mol. The smallest absolute Gasteiger partial charge is 0.278 e. The Bertz CT molecular complexity index is 1210. The highest BCUT2D eigenvalue weighted by Crippen LogP contribution is 2.39. The first-order valence-electron chi connectivity index (χ1n) is 9.40. The molecule has 0 saturated carbocycles. The van der Waals surface area contributed by atoms with Crippen LogP contribution in [-0.4, -0.2) is 32.8 Å². The Hall–Kier alpha value is -2.97. The number of hydrogen-bond donors (Lipinski definition) is 0. The second-order valence-electron chi connectivity index (χ2n) is 6.66. The van der Waals surface area contributed by atoms with E-state index in [9.17, 15) is 4.79 Å². The molecule has 0 atom stereocenters. The molecule has 154 valence electrons. The van der Waals surface area contributed by atoms with E-state index in [0.29, 0.717) is 40.2 Å². The number of methoxy groups -OCH3 is 1. The third-order valence-corrected chi connectivity index (χ3v) is 6.17. The number of anilines is 1. The first kappa shape index (κ1) is 20.3. The number of halogens is 1. The lowest BCUT2D eigenvalue weighted by atomic mass is 10.2. The van der Waals surface area contributed by atoms with E-state index >= 15 is 0 Å². The van der Waals surface area contributed by atoms with Gasteiger partial charge in [-0.2, -0.15) is 5.10 Å². The number of amides is 1. The zero-order valence-electron chi connectivity index (χ0n) is 16.8. The van der Waals surface area contributed by atoms with Crippen LogP contribution in [0.3, 0.4) is 0 Å². The molecule has 1 aromatic carbocycles. The lowest BCUT2D eigenvalue weighted by Gasteiger charge is -2.20. The van der Waals surface area contributed by atoms with Gasteiger partial charge in [-0.05, 0) is 43.7 Å². The standard InChI is InChI=1S/C21H20ClN5O2S/c1-4-27-16(10-13(2)25-27)20(28)26(12-14-6-5-9-23-11-14)21-24-18-17(29-3)8-7-15(22)19(18)30-21/h5-11H,4,12H2,1-3H3. The zero-order chi connectivity index (χ0) is 21.3. The molecule has 3 aromatic heterocycles. The van der Waals surface area contributed by atoms with Gasteiger partial charge in [-0.1, -0.05) is 29.0 Å². The van der Waals surface area contributed by atoms with E-state index in [4.69, 9.17) is 21.3 Å². The summed E-state index contributed by atoms with van der Waals surface area (Å²) in [6.07, 6.45) is 3.44. The Labute approximate surface area is 182 Å². The molecule has 7 nitrogen and oxygen atoms in total. The number of hydrogen-bond acceptors (Lipinski definition) is 6. The summed E-state index contributed by atoms with van der Waals surface area (Å²) < 4.78 is 7.91. The SMILES string of the molecule is CCn1nc(C)cc1C(=O)N(Cc1cccnc1)c1nc2c(OC)ccc(Cl)c2s1. The minimum Gasteiger partial charge on any atom is -0.494 e. The van der Waals surface area contributed by atoms with Gasteiger partial charge in [0.2, 0.25) is 0 Å². The average molecular weight is 442 g/mol. The van der Waals surface area contributed by atoms with Crippen LogP contribution in [0.2, 0.25) is 5.02 Å². The normalized spacial score (nSPS) is 11.1. The first-order valence-corrected chi connectivity index (χ1v) is 10.6. The lowest BCUT2D eigenvalue weighted by Crippen LogP contribution is -2.32. The molecule has 0 aliphatic carbocycles. The van der Waals surface area contributed by atoms with Crippen molar-refractivity contribution in [1.29, 1.82) is 0 Å². The van der Waals surface area contributed by atoms with Gasteiger partial charge in [0.1, 0.15) is 17.0 Å². The number of aromatic nitrogens is 4. The molecule has 30 heavy (non-hydrogen) atoms. The summed E-state index contributed by atoms with van der Waals surface area (Å²) in [5.41, 5.74) is 2.82. The average Bonchev–Trinajstić information content (AvgIpc) is 3.37. The molecule has 9 heteroatoms. The quantitative estimate of drug-likeness (QED) is 0.432. The monoisotopic (exact) mass is 441 g/mol. The van der Waals surface area contributed by atoms with Crippen molar-refractivity contribution >= 4 is 44.2 Å². The van der Waals surface area contributed by atoms with Crippen molar-refractivity contribution in [2.75, 3.05) is 12.0 Å². The van der Waals surface area contributed by atoms with Gasteiger partial charge in [0.05, 0.1) is 29.1 Å². The molecular weight excluding hydrogens is 422 g/mol. The summed E-state index contributed by atoms with van der Waals surface area (Å²) in [6.45, 7) is 4.74. The molecule has 4 aromatic rings. The molecular formula is C21H20ClN5O2S. The molecule has 0 radical (unpaired) electrons. The number of benzene rings is 1. The van der Waals surface area contributed by atoms with Crippen LogP contribution >= 0.6 is 22.9 Å². The molecule has 1 amide bonds. The number of fused-ring (bicyclic) bond motifs is 1. The Morgan fingerprint density at radius 3 is 2.87 bits per heavy atom. The summed E-state index contributed by atoms with van der Waals surface area (Å²) in [7, 11) is 1.59. The Morgan fingerprint density at radius 2 is 2.17 bits per heavy atom. The molecule has 0 bridgehead atoms. The maximum absolute atomic E-state index is 13.6. The number of nitrogens with zero attached hydrogens (tertiary/aromatic N) is 5. The number of thiazole rings is 1. The van der Waals surface area contributed by atoms with E-state index in [1.165, 1.54) is 11.3 Å². The molecule has 0 saturated heterocycles. The Kier molecular flexibility index (Phi) is 5.69. The predicted octanol–water partition coefficient (Wildman–Crippen LogP) is 4.73. The number of carbonyl (C=O) groups is 1. The van der Waals surface area contributed by atoms with E-state index in [0.717, 1.165) is 16.0 Å². The maximum Gasteiger partial charge on any atom is 0.278 e. The van der Waals surface area contributed by atoms with Crippen molar-refractivity contribution in [3.8, 4) is 5.75 Å². The van der Waals surface area contributed by atoms with E-state index in [1.54, 1.807) is 47.3 Å². The third-order valence-electron chi connectivity index (χ3n) is 4.63. The number of rotatable bonds is 6. The van der Waals surface area contributed by atoms with Crippen LogP contribution in [0.5, 0.6) is 5.75 Å². The van der Waals surface area contributed by atoms with Crippen LogP contribution in [0.15, 0.2) is 42.7 Å². The van der Waals surface area contributed by atoms with Crippen LogP contribution in [0.4, 0.5) is 5.13 Å². The van der Waals surface area contributed by atoms with Crippen molar-refractivity contribution in [1.82, 2.24) is 19.7 Å². The fraction of sp³-hybridized carbons (Fsp3) is 0.238. The number of ether oxygens (including phenoxy) is 1. The fourth-order valence-corrected chi connectivity index (χ4v) is 4.47. The second kappa shape index (κ2) is 8.41. The van der Waals surface area contributed by atoms with Gasteiger partial charge in [-0.25, -0.2) is 4.98 Å². The van der Waals surface area contributed by atoms with E-state index < -0.39 is 0 Å². The Morgan fingerprint density at radius 1 is 1.33 bits per heavy atom. The van der Waals surface area contributed by atoms with Crippen molar-refractivity contribution in [3.63, 3.8) is 0 Å². The van der Waals surface area contributed by atoms with Gasteiger partial charge in [-0.3, -0.25) is 19.4 Å². The van der Waals surface area contributed by atoms with Gasteiger partial charge in [0, 0.05) is 18.9 Å². The first-order chi connectivity index (χ1) is 14.5. The molecule has 0 aliphatic rings. The van der Waals surface area contributed by atoms with Crippen molar-refractivity contribution in [3.05, 3.63) is 64.7 Å². The number of pyridine rings is 1. The number of aryl methyl sites for hydroxylation is 2. The summed E-state index contributed by atoms with van der Waals surface area (Å²) in [4.78, 5) is 24.1. The summed E-state index contributed by atoms with van der Waals surface area (Å²) in [6, 6.07) is 9.11. The highest BCUT2D eigenvalue weighted by molar-refractivity contribution is 7.23. The topological polar surface area (TPSA) is 73.1 Å². The summed E-state index contributed by atoms with van der Waals surface area (Å²) in [5, 5.41) is 5.52. The van der Waals surface area contributed by atoms with Crippen LogP contribution in [-0.2, 0) is 13.1 Å².